The van der Waals surface area contributed by atoms with Crippen LogP contribution in [0, 0.1) is 13.8 Å². The molecule has 0 aliphatic carbocycles. The van der Waals surface area contributed by atoms with Crippen molar-refractivity contribution in [1.29, 1.82) is 0 Å². The number of hydrogen-bond donors (Lipinski definition) is 1. The van der Waals surface area contributed by atoms with Gasteiger partial charge in [-0.25, -0.2) is 23.1 Å². The van der Waals surface area contributed by atoms with Gasteiger partial charge in [0.1, 0.15) is 11.5 Å². The van der Waals surface area contributed by atoms with Crippen LogP contribution in [0.2, 0.25) is 0 Å². The largest absolute Gasteiger partial charge is 0.446 e. The molecule has 0 aliphatic rings. The molecule has 0 radical (unpaired) electrons. The first-order valence-electron chi connectivity index (χ1n) is 7.37. The van der Waals surface area contributed by atoms with E-state index in [9.17, 15) is 8.42 Å². The standard InChI is InChI=1S/C16H17N3O3S2/c1-11-16(19-12(2)22-11)13-3-5-15(6-4-13)24(20,21)18-8-7-14-9-23-10-17-14/h3-6,9-10,18H,7-8H2,1-2H3. The van der Waals surface area contributed by atoms with Crippen molar-refractivity contribution in [2.45, 2.75) is 25.2 Å². The van der Waals surface area contributed by atoms with Crippen LogP contribution in [0.15, 0.2) is 44.5 Å². The number of aryl methyl sites for hydroxylation is 2. The Morgan fingerprint density at radius 1 is 1.21 bits per heavy atom. The first-order chi connectivity index (χ1) is 11.5. The molecule has 0 atom stereocenters. The van der Waals surface area contributed by atoms with Gasteiger partial charge in [0.15, 0.2) is 5.89 Å². The molecule has 0 unspecified atom stereocenters. The normalized spacial score (nSPS) is 11.8. The summed E-state index contributed by atoms with van der Waals surface area (Å²) < 4.78 is 32.6. The van der Waals surface area contributed by atoms with Crippen molar-refractivity contribution in [3.05, 3.63) is 52.5 Å². The number of oxazole rings is 1. The lowest BCUT2D eigenvalue weighted by atomic mass is 10.1. The van der Waals surface area contributed by atoms with Gasteiger partial charge in [0.05, 0.1) is 16.1 Å². The summed E-state index contributed by atoms with van der Waals surface area (Å²) in [6.07, 6.45) is 0.568. The lowest BCUT2D eigenvalue weighted by Crippen LogP contribution is -2.26. The van der Waals surface area contributed by atoms with Gasteiger partial charge in [-0.2, -0.15) is 0 Å². The molecule has 24 heavy (non-hydrogen) atoms. The average molecular weight is 363 g/mol. The van der Waals surface area contributed by atoms with E-state index in [2.05, 4.69) is 14.7 Å². The first-order valence-corrected chi connectivity index (χ1v) is 9.79. The smallest absolute Gasteiger partial charge is 0.240 e. The number of thiazole rings is 1. The van der Waals surface area contributed by atoms with E-state index in [0.29, 0.717) is 24.6 Å². The highest BCUT2D eigenvalue weighted by Crippen LogP contribution is 2.24. The molecule has 0 bridgehead atoms. The van der Waals surface area contributed by atoms with Crippen molar-refractivity contribution >= 4 is 21.4 Å². The summed E-state index contributed by atoms with van der Waals surface area (Å²) in [4.78, 5) is 8.67. The van der Waals surface area contributed by atoms with E-state index in [0.717, 1.165) is 17.0 Å². The zero-order valence-electron chi connectivity index (χ0n) is 13.3. The Labute approximate surface area is 144 Å². The molecule has 8 heteroatoms. The van der Waals surface area contributed by atoms with Gasteiger partial charge in [0, 0.05) is 30.8 Å². The SMILES string of the molecule is Cc1nc(-c2ccc(S(=O)(=O)NCCc3cscn3)cc2)c(C)o1. The van der Waals surface area contributed by atoms with Gasteiger partial charge in [0.25, 0.3) is 0 Å². The first kappa shape index (κ1) is 16.8. The molecule has 2 aromatic heterocycles. The predicted octanol–water partition coefficient (Wildman–Crippen LogP) is 2.94. The molecule has 0 amide bonds. The van der Waals surface area contributed by atoms with Crippen molar-refractivity contribution in [3.63, 3.8) is 0 Å². The summed E-state index contributed by atoms with van der Waals surface area (Å²) in [6, 6.07) is 6.62. The number of hydrogen-bond acceptors (Lipinski definition) is 6. The van der Waals surface area contributed by atoms with Gasteiger partial charge < -0.3 is 4.42 Å². The molecule has 2 heterocycles. The van der Waals surface area contributed by atoms with Crippen LogP contribution in [0.3, 0.4) is 0 Å². The highest BCUT2D eigenvalue weighted by molar-refractivity contribution is 7.89. The Kier molecular flexibility index (Phi) is 4.79. The summed E-state index contributed by atoms with van der Waals surface area (Å²) in [5.74, 6) is 1.30. The van der Waals surface area contributed by atoms with Gasteiger partial charge in [-0.1, -0.05) is 12.1 Å². The van der Waals surface area contributed by atoms with Crippen LogP contribution >= 0.6 is 11.3 Å². The molecule has 0 saturated carbocycles. The number of nitrogens with one attached hydrogen (secondary N) is 1. The fourth-order valence-electron chi connectivity index (χ4n) is 2.35. The van der Waals surface area contributed by atoms with Gasteiger partial charge in [-0.15, -0.1) is 11.3 Å². The molecule has 0 fully saturated rings. The van der Waals surface area contributed by atoms with E-state index < -0.39 is 10.0 Å². The maximum atomic E-state index is 12.3. The number of aromatic nitrogens is 2. The van der Waals surface area contributed by atoms with Crippen molar-refractivity contribution in [2.75, 3.05) is 6.54 Å². The second-order valence-electron chi connectivity index (χ2n) is 5.29. The molecule has 6 nitrogen and oxygen atoms in total. The number of benzene rings is 1. The number of rotatable bonds is 6. The monoisotopic (exact) mass is 363 g/mol. The lowest BCUT2D eigenvalue weighted by molar-refractivity contribution is 0.495. The number of sulfonamides is 1. The minimum Gasteiger partial charge on any atom is -0.446 e. The third kappa shape index (κ3) is 3.72. The molecule has 3 rings (SSSR count). The second-order valence-corrected chi connectivity index (χ2v) is 7.78. The van der Waals surface area contributed by atoms with Gasteiger partial charge in [-0.05, 0) is 19.1 Å². The second kappa shape index (κ2) is 6.84. The number of nitrogens with zero attached hydrogens (tertiary/aromatic N) is 2. The highest BCUT2D eigenvalue weighted by Gasteiger charge is 2.15. The molecule has 1 aromatic carbocycles. The van der Waals surface area contributed by atoms with Crippen LogP contribution in [0.5, 0.6) is 0 Å². The van der Waals surface area contributed by atoms with Crippen LogP contribution in [0.1, 0.15) is 17.3 Å². The van der Waals surface area contributed by atoms with Crippen LogP contribution in [-0.2, 0) is 16.4 Å². The van der Waals surface area contributed by atoms with E-state index >= 15 is 0 Å². The molecule has 0 aliphatic heterocycles. The summed E-state index contributed by atoms with van der Waals surface area (Å²) in [6.45, 7) is 3.93. The Balaban J connectivity index is 1.71. The Morgan fingerprint density at radius 3 is 2.54 bits per heavy atom. The Bertz CT molecular complexity index is 914. The van der Waals surface area contributed by atoms with E-state index in [-0.39, 0.29) is 4.90 Å². The third-order valence-corrected chi connectivity index (χ3v) is 5.61. The van der Waals surface area contributed by atoms with Gasteiger partial charge in [-0.3, -0.25) is 0 Å². The highest BCUT2D eigenvalue weighted by atomic mass is 32.2. The minimum atomic E-state index is -3.54. The van der Waals surface area contributed by atoms with E-state index in [1.807, 2.05) is 12.3 Å². The zero-order valence-corrected chi connectivity index (χ0v) is 14.9. The van der Waals surface area contributed by atoms with Crippen molar-refractivity contribution in [2.24, 2.45) is 0 Å². The van der Waals surface area contributed by atoms with E-state index in [1.54, 1.807) is 36.7 Å². The fraction of sp³-hybridized carbons (Fsp3) is 0.250. The molecule has 126 valence electrons. The molecule has 0 saturated heterocycles. The molecular formula is C16H17N3O3S2. The Morgan fingerprint density at radius 2 is 1.96 bits per heavy atom. The van der Waals surface area contributed by atoms with Crippen LogP contribution in [-0.4, -0.2) is 24.9 Å². The van der Waals surface area contributed by atoms with E-state index in [4.69, 9.17) is 4.42 Å². The van der Waals surface area contributed by atoms with E-state index in [1.165, 1.54) is 11.3 Å². The zero-order chi connectivity index (χ0) is 17.2. The summed E-state index contributed by atoms with van der Waals surface area (Å²) >= 11 is 1.49. The summed E-state index contributed by atoms with van der Waals surface area (Å²) in [7, 11) is -3.54. The predicted molar refractivity (Wildman–Crippen MR) is 92.4 cm³/mol. The maximum absolute atomic E-state index is 12.3. The minimum absolute atomic E-state index is 0.224. The average Bonchev–Trinajstić information content (AvgIpc) is 3.17. The lowest BCUT2D eigenvalue weighted by Gasteiger charge is -2.07. The fourth-order valence-corrected chi connectivity index (χ4v) is 3.97. The molecule has 3 aromatic rings. The van der Waals surface area contributed by atoms with Crippen LogP contribution in [0.4, 0.5) is 0 Å². The van der Waals surface area contributed by atoms with Gasteiger partial charge >= 0.3 is 0 Å². The summed E-state index contributed by atoms with van der Waals surface area (Å²) in [5, 5.41) is 1.91. The Hall–Kier alpha value is -2.03. The third-order valence-electron chi connectivity index (χ3n) is 3.50. The van der Waals surface area contributed by atoms with Crippen molar-refractivity contribution in [3.8, 4) is 11.3 Å². The van der Waals surface area contributed by atoms with Crippen molar-refractivity contribution < 1.29 is 12.8 Å². The quantitative estimate of drug-likeness (QED) is 0.728. The molecular weight excluding hydrogens is 346 g/mol. The van der Waals surface area contributed by atoms with Crippen LogP contribution in [0.25, 0.3) is 11.3 Å². The van der Waals surface area contributed by atoms with Crippen molar-refractivity contribution in [1.82, 2.24) is 14.7 Å². The van der Waals surface area contributed by atoms with Crippen LogP contribution < -0.4 is 4.72 Å². The molecule has 1 N–H and O–H groups in total. The summed E-state index contributed by atoms with van der Waals surface area (Å²) in [5.41, 5.74) is 4.17. The van der Waals surface area contributed by atoms with Gasteiger partial charge in [0.2, 0.25) is 10.0 Å². The topological polar surface area (TPSA) is 85.1 Å². The molecule has 0 spiro atoms. The maximum Gasteiger partial charge on any atom is 0.240 e.